The minimum Gasteiger partial charge on any atom is -0.407 e. The van der Waals surface area contributed by atoms with E-state index in [1.807, 2.05) is 0 Å². The van der Waals surface area contributed by atoms with Crippen LogP contribution in [0.15, 0.2) is 4.42 Å². The second-order valence-electron chi connectivity index (χ2n) is 5.30. The van der Waals surface area contributed by atoms with Gasteiger partial charge in [0, 0.05) is 12.6 Å². The first-order chi connectivity index (χ1) is 8.54. The average Bonchev–Trinajstić information content (AvgIpc) is 2.74. The highest BCUT2D eigenvalue weighted by atomic mass is 16.4. The lowest BCUT2D eigenvalue weighted by Crippen LogP contribution is -2.34. The molecule has 0 amide bonds. The molecule has 0 saturated heterocycles. The molecule has 18 heavy (non-hydrogen) atoms. The maximum atomic E-state index is 5.70. The normalized spacial score (nSPS) is 11.5. The first-order valence-electron chi connectivity index (χ1n) is 6.84. The number of aromatic nitrogens is 2. The molecule has 0 aromatic carbocycles. The van der Waals surface area contributed by atoms with Crippen molar-refractivity contribution in [1.82, 2.24) is 15.5 Å². The molecule has 0 unspecified atom stereocenters. The highest BCUT2D eigenvalue weighted by molar-refractivity contribution is 5.25. The summed E-state index contributed by atoms with van der Waals surface area (Å²) in [5.41, 5.74) is 0. The Morgan fingerprint density at radius 3 is 2.50 bits per heavy atom. The van der Waals surface area contributed by atoms with Crippen LogP contribution < -0.4 is 10.2 Å². The molecular weight excluding hydrogens is 228 g/mol. The Labute approximate surface area is 110 Å². The van der Waals surface area contributed by atoms with Crippen LogP contribution in [-0.4, -0.2) is 29.3 Å². The van der Waals surface area contributed by atoms with Crippen molar-refractivity contribution in [3.8, 4) is 0 Å². The van der Waals surface area contributed by atoms with Gasteiger partial charge >= 0.3 is 6.01 Å². The smallest absolute Gasteiger partial charge is 0.318 e. The van der Waals surface area contributed by atoms with Crippen LogP contribution in [0.25, 0.3) is 0 Å². The van der Waals surface area contributed by atoms with Gasteiger partial charge in [0.15, 0.2) is 0 Å². The lowest BCUT2D eigenvalue weighted by molar-refractivity contribution is 0.440. The summed E-state index contributed by atoms with van der Waals surface area (Å²) in [6.45, 7) is 13.3. The van der Waals surface area contributed by atoms with Crippen LogP contribution in [0, 0.1) is 5.92 Å². The molecule has 5 heteroatoms. The Balaban J connectivity index is 2.62. The van der Waals surface area contributed by atoms with Crippen LogP contribution in [0.4, 0.5) is 6.01 Å². The first kappa shape index (κ1) is 15.0. The van der Waals surface area contributed by atoms with E-state index in [1.54, 1.807) is 0 Å². The van der Waals surface area contributed by atoms with E-state index >= 15 is 0 Å². The third-order valence-electron chi connectivity index (χ3n) is 2.59. The van der Waals surface area contributed by atoms with Gasteiger partial charge in [0.2, 0.25) is 5.89 Å². The molecule has 1 N–H and O–H groups in total. The minimum atomic E-state index is 0.365. The summed E-state index contributed by atoms with van der Waals surface area (Å²) < 4.78 is 5.70. The topological polar surface area (TPSA) is 54.2 Å². The van der Waals surface area contributed by atoms with Gasteiger partial charge in [0.05, 0.1) is 6.54 Å². The Morgan fingerprint density at radius 1 is 1.22 bits per heavy atom. The standard InChI is InChI=1S/C13H26N4O/c1-6-7-14-8-12-15-16-13(18-12)17(11(4)5)9-10(2)3/h10-11,14H,6-9H2,1-5H3. The number of nitrogens with one attached hydrogen (secondary N) is 1. The molecule has 0 bridgehead atoms. The van der Waals surface area contributed by atoms with Gasteiger partial charge in [-0.3, -0.25) is 0 Å². The van der Waals surface area contributed by atoms with Gasteiger partial charge in [0.1, 0.15) is 0 Å². The molecule has 0 fully saturated rings. The molecule has 0 saturated carbocycles. The van der Waals surface area contributed by atoms with Gasteiger partial charge in [0.25, 0.3) is 0 Å². The van der Waals surface area contributed by atoms with E-state index in [0.29, 0.717) is 30.4 Å². The predicted octanol–water partition coefficient (Wildman–Crippen LogP) is 2.44. The maximum Gasteiger partial charge on any atom is 0.318 e. The van der Waals surface area contributed by atoms with Crippen LogP contribution in [0.3, 0.4) is 0 Å². The van der Waals surface area contributed by atoms with E-state index in [0.717, 1.165) is 19.5 Å². The third-order valence-corrected chi connectivity index (χ3v) is 2.59. The van der Waals surface area contributed by atoms with Crippen LogP contribution in [0.1, 0.15) is 46.9 Å². The largest absolute Gasteiger partial charge is 0.407 e. The van der Waals surface area contributed by atoms with Crippen LogP contribution in [-0.2, 0) is 6.54 Å². The highest BCUT2D eigenvalue weighted by Crippen LogP contribution is 2.17. The van der Waals surface area contributed by atoms with Crippen molar-refractivity contribution >= 4 is 6.01 Å². The van der Waals surface area contributed by atoms with Crippen molar-refractivity contribution in [3.63, 3.8) is 0 Å². The van der Waals surface area contributed by atoms with Gasteiger partial charge in [-0.2, -0.15) is 0 Å². The van der Waals surface area contributed by atoms with Gasteiger partial charge in [-0.15, -0.1) is 5.10 Å². The van der Waals surface area contributed by atoms with Gasteiger partial charge in [-0.25, -0.2) is 0 Å². The van der Waals surface area contributed by atoms with Crippen LogP contribution in [0.2, 0.25) is 0 Å². The Hall–Kier alpha value is -1.10. The van der Waals surface area contributed by atoms with Crippen molar-refractivity contribution in [2.24, 2.45) is 5.92 Å². The summed E-state index contributed by atoms with van der Waals surface area (Å²) in [6, 6.07) is 0.997. The fourth-order valence-electron chi connectivity index (χ4n) is 1.71. The Morgan fingerprint density at radius 2 is 1.94 bits per heavy atom. The van der Waals surface area contributed by atoms with E-state index < -0.39 is 0 Å². The van der Waals surface area contributed by atoms with Crippen LogP contribution in [0.5, 0.6) is 0 Å². The molecule has 0 radical (unpaired) electrons. The fourth-order valence-corrected chi connectivity index (χ4v) is 1.71. The summed E-state index contributed by atoms with van der Waals surface area (Å²) >= 11 is 0. The molecular formula is C13H26N4O. The summed E-state index contributed by atoms with van der Waals surface area (Å²) in [5, 5.41) is 11.5. The monoisotopic (exact) mass is 254 g/mol. The molecule has 1 aromatic heterocycles. The molecule has 0 spiro atoms. The second-order valence-corrected chi connectivity index (χ2v) is 5.30. The van der Waals surface area contributed by atoms with Crippen molar-refractivity contribution in [1.29, 1.82) is 0 Å². The zero-order valence-corrected chi connectivity index (χ0v) is 12.2. The van der Waals surface area contributed by atoms with Crippen LogP contribution >= 0.6 is 0 Å². The minimum absolute atomic E-state index is 0.365. The lowest BCUT2D eigenvalue weighted by Gasteiger charge is -2.26. The quantitative estimate of drug-likeness (QED) is 0.722. The number of hydrogen-bond donors (Lipinski definition) is 1. The summed E-state index contributed by atoms with van der Waals surface area (Å²) in [5.74, 6) is 1.23. The summed E-state index contributed by atoms with van der Waals surface area (Å²) in [7, 11) is 0. The fraction of sp³-hybridized carbons (Fsp3) is 0.846. The number of rotatable bonds is 8. The molecule has 104 valence electrons. The second kappa shape index (κ2) is 7.36. The molecule has 5 nitrogen and oxygen atoms in total. The van der Waals surface area contributed by atoms with Crippen molar-refractivity contribution in [2.45, 2.75) is 53.6 Å². The Bertz CT molecular complexity index is 335. The molecule has 1 heterocycles. The summed E-state index contributed by atoms with van der Waals surface area (Å²) in [6.07, 6.45) is 1.10. The van der Waals surface area contributed by atoms with E-state index in [9.17, 15) is 0 Å². The molecule has 0 atom stereocenters. The lowest BCUT2D eigenvalue weighted by atomic mass is 10.2. The van der Waals surface area contributed by atoms with Gasteiger partial charge in [-0.1, -0.05) is 25.9 Å². The third kappa shape index (κ3) is 4.64. The van der Waals surface area contributed by atoms with E-state index in [-0.39, 0.29) is 0 Å². The van der Waals surface area contributed by atoms with Gasteiger partial charge < -0.3 is 14.6 Å². The highest BCUT2D eigenvalue weighted by Gasteiger charge is 2.18. The van der Waals surface area contributed by atoms with E-state index in [1.165, 1.54) is 0 Å². The molecule has 0 aliphatic carbocycles. The zero-order chi connectivity index (χ0) is 13.5. The zero-order valence-electron chi connectivity index (χ0n) is 12.2. The van der Waals surface area contributed by atoms with Crippen molar-refractivity contribution in [3.05, 3.63) is 5.89 Å². The Kier molecular flexibility index (Phi) is 6.12. The molecule has 0 aliphatic heterocycles. The molecule has 0 aliphatic rings. The van der Waals surface area contributed by atoms with E-state index in [2.05, 4.69) is 55.0 Å². The van der Waals surface area contributed by atoms with E-state index in [4.69, 9.17) is 4.42 Å². The molecule has 1 aromatic rings. The maximum absolute atomic E-state index is 5.70. The number of hydrogen-bond acceptors (Lipinski definition) is 5. The van der Waals surface area contributed by atoms with Crippen molar-refractivity contribution < 1.29 is 4.42 Å². The number of anilines is 1. The predicted molar refractivity (Wildman–Crippen MR) is 73.6 cm³/mol. The summed E-state index contributed by atoms with van der Waals surface area (Å²) in [4.78, 5) is 2.15. The van der Waals surface area contributed by atoms with Gasteiger partial charge in [-0.05, 0) is 32.7 Å². The van der Waals surface area contributed by atoms with Crippen molar-refractivity contribution in [2.75, 3.05) is 18.0 Å². The number of nitrogens with zero attached hydrogens (tertiary/aromatic N) is 3. The molecule has 1 rings (SSSR count). The SMILES string of the molecule is CCCNCc1nnc(N(CC(C)C)C(C)C)o1. The first-order valence-corrected chi connectivity index (χ1v) is 6.84. The average molecular weight is 254 g/mol.